The molecule has 1 spiro atoms. The van der Waals surface area contributed by atoms with Crippen LogP contribution in [0.4, 0.5) is 0 Å². The third-order valence-corrected chi connectivity index (χ3v) is 11.1. The van der Waals surface area contributed by atoms with E-state index in [-0.39, 0.29) is 29.6 Å². The topological polar surface area (TPSA) is 78.0 Å². The summed E-state index contributed by atoms with van der Waals surface area (Å²) in [5.74, 6) is 1.38. The third-order valence-electron chi connectivity index (χ3n) is 9.95. The first-order valence-corrected chi connectivity index (χ1v) is 17.2. The van der Waals surface area contributed by atoms with Crippen LogP contribution in [0, 0.1) is 17.3 Å². The molecule has 230 valence electrons. The fourth-order valence-corrected chi connectivity index (χ4v) is 7.91. The van der Waals surface area contributed by atoms with Crippen LogP contribution >= 0.6 is 12.4 Å². The number of hydrogen-bond acceptors (Lipinski definition) is 5. The average molecular weight is 616 g/mol. The van der Waals surface area contributed by atoms with Crippen LogP contribution in [0.2, 0.25) is 0 Å². The Balaban J connectivity index is 0.00000405. The average Bonchev–Trinajstić information content (AvgIpc) is 3.52. The van der Waals surface area contributed by atoms with Crippen molar-refractivity contribution in [2.75, 3.05) is 45.5 Å². The number of carbonyl (C=O) groups excluding carboxylic acids is 2. The van der Waals surface area contributed by atoms with E-state index in [1.807, 2.05) is 17.0 Å². The van der Waals surface area contributed by atoms with Crippen LogP contribution in [0.3, 0.4) is 0 Å². The highest BCUT2D eigenvalue weighted by Gasteiger charge is 2.48. The molecule has 3 aliphatic rings. The van der Waals surface area contributed by atoms with E-state index < -0.39 is 9.84 Å². The minimum atomic E-state index is -3.23. The van der Waals surface area contributed by atoms with Crippen molar-refractivity contribution in [3.8, 4) is 0 Å². The van der Waals surface area contributed by atoms with Crippen LogP contribution in [0.5, 0.6) is 0 Å². The summed E-state index contributed by atoms with van der Waals surface area (Å²) >= 11 is 0. The maximum atomic E-state index is 13.6. The lowest BCUT2D eigenvalue weighted by molar-refractivity contribution is -0.139. The van der Waals surface area contributed by atoms with Gasteiger partial charge in [0.05, 0.1) is 10.3 Å². The molecule has 0 saturated carbocycles. The van der Waals surface area contributed by atoms with E-state index in [2.05, 4.69) is 54.0 Å². The maximum absolute atomic E-state index is 13.6. The molecule has 2 aromatic carbocycles. The Bertz CT molecular complexity index is 1320. The summed E-state index contributed by atoms with van der Waals surface area (Å²) in [6, 6.07) is 17.5. The molecule has 3 heterocycles. The minimum Gasteiger partial charge on any atom is -0.341 e. The smallest absolute Gasteiger partial charge is 0.229 e. The van der Waals surface area contributed by atoms with Crippen LogP contribution in [-0.2, 0) is 26.0 Å². The van der Waals surface area contributed by atoms with Gasteiger partial charge >= 0.3 is 0 Å². The third kappa shape index (κ3) is 6.87. The van der Waals surface area contributed by atoms with Gasteiger partial charge in [-0.05, 0) is 74.4 Å². The summed E-state index contributed by atoms with van der Waals surface area (Å²) in [6.07, 6.45) is 5.60. The number of piperidine rings is 1. The first-order chi connectivity index (χ1) is 19.6. The van der Waals surface area contributed by atoms with E-state index in [0.717, 1.165) is 76.9 Å². The lowest BCUT2D eigenvalue weighted by Crippen LogP contribution is -2.46. The summed E-state index contributed by atoms with van der Waals surface area (Å²) in [6.45, 7) is 9.85. The zero-order valence-electron chi connectivity index (χ0n) is 25.2. The van der Waals surface area contributed by atoms with Crippen LogP contribution in [0.25, 0.3) is 0 Å². The molecule has 2 atom stereocenters. The molecule has 0 radical (unpaired) electrons. The van der Waals surface area contributed by atoms with E-state index in [9.17, 15) is 18.0 Å². The zero-order valence-corrected chi connectivity index (χ0v) is 26.8. The summed E-state index contributed by atoms with van der Waals surface area (Å²) in [5, 5.41) is 0. The van der Waals surface area contributed by atoms with E-state index >= 15 is 0 Å². The van der Waals surface area contributed by atoms with Gasteiger partial charge in [0.15, 0.2) is 9.84 Å². The molecule has 2 unspecified atom stereocenters. The van der Waals surface area contributed by atoms with Crippen molar-refractivity contribution >= 4 is 34.1 Å². The van der Waals surface area contributed by atoms with Gasteiger partial charge in [0.1, 0.15) is 0 Å². The van der Waals surface area contributed by atoms with Gasteiger partial charge in [-0.1, -0.05) is 56.3 Å². The van der Waals surface area contributed by atoms with Gasteiger partial charge in [-0.2, -0.15) is 0 Å². The van der Waals surface area contributed by atoms with Crippen LogP contribution < -0.4 is 0 Å². The number of sulfone groups is 1. The van der Waals surface area contributed by atoms with Crippen molar-refractivity contribution < 1.29 is 18.0 Å². The highest BCUT2D eigenvalue weighted by Crippen LogP contribution is 2.43. The Morgan fingerprint density at radius 2 is 1.55 bits per heavy atom. The number of nitrogens with zero attached hydrogens (tertiary/aromatic N) is 3. The maximum Gasteiger partial charge on any atom is 0.229 e. The van der Waals surface area contributed by atoms with Crippen molar-refractivity contribution in [3.63, 3.8) is 0 Å². The molecule has 42 heavy (non-hydrogen) atoms. The molecule has 3 fully saturated rings. The van der Waals surface area contributed by atoms with Gasteiger partial charge in [0.2, 0.25) is 11.8 Å². The molecule has 0 aromatic heterocycles. The molecule has 9 heteroatoms. The Morgan fingerprint density at radius 3 is 2.14 bits per heavy atom. The zero-order chi connectivity index (χ0) is 29.2. The Labute approximate surface area is 258 Å². The molecule has 0 bridgehead atoms. The number of rotatable bonds is 9. The van der Waals surface area contributed by atoms with Gasteiger partial charge in [0, 0.05) is 50.8 Å². The number of likely N-dealkylation sites (tertiary alicyclic amines) is 3. The lowest BCUT2D eigenvalue weighted by atomic mass is 9.76. The highest BCUT2D eigenvalue weighted by atomic mass is 35.5. The fourth-order valence-electron chi connectivity index (χ4n) is 7.28. The van der Waals surface area contributed by atoms with Crippen molar-refractivity contribution in [3.05, 3.63) is 65.7 Å². The van der Waals surface area contributed by atoms with Crippen molar-refractivity contribution in [1.82, 2.24) is 14.7 Å². The number of hydrogen-bond donors (Lipinski definition) is 0. The van der Waals surface area contributed by atoms with Gasteiger partial charge in [-0.15, -0.1) is 12.4 Å². The second-order valence-electron chi connectivity index (χ2n) is 12.5. The molecule has 0 N–H and O–H groups in total. The van der Waals surface area contributed by atoms with E-state index in [1.165, 1.54) is 11.8 Å². The largest absolute Gasteiger partial charge is 0.341 e. The van der Waals surface area contributed by atoms with Gasteiger partial charge in [-0.3, -0.25) is 9.59 Å². The van der Waals surface area contributed by atoms with Crippen molar-refractivity contribution in [2.45, 2.75) is 63.3 Å². The molecule has 3 saturated heterocycles. The van der Waals surface area contributed by atoms with Crippen LogP contribution in [-0.4, -0.2) is 80.5 Å². The van der Waals surface area contributed by atoms with Crippen LogP contribution in [0.15, 0.2) is 59.5 Å². The normalized spacial score (nSPS) is 22.6. The monoisotopic (exact) mass is 615 g/mol. The van der Waals surface area contributed by atoms with Crippen molar-refractivity contribution in [2.24, 2.45) is 17.3 Å². The molecule has 0 aliphatic carbocycles. The SMILES string of the molecule is CCC(CC)C(=O)N1CC(CN2CCC3(CC2)CCN(Cc2ccc(S(C)(=O)=O)cc2)C3=O)C(c2ccccc2)C1.Cl. The lowest BCUT2D eigenvalue weighted by Gasteiger charge is -2.39. The predicted octanol–water partition coefficient (Wildman–Crippen LogP) is 5.00. The molecular formula is C33H46ClN3O4S. The first kappa shape index (κ1) is 32.5. The van der Waals surface area contributed by atoms with Crippen molar-refractivity contribution in [1.29, 1.82) is 0 Å². The van der Waals surface area contributed by atoms with Gasteiger partial charge in [0.25, 0.3) is 0 Å². The molecule has 2 aromatic rings. The number of halogens is 1. The number of amides is 2. The first-order valence-electron chi connectivity index (χ1n) is 15.3. The molecule has 3 aliphatic heterocycles. The van der Waals surface area contributed by atoms with E-state index in [0.29, 0.717) is 29.2 Å². The Morgan fingerprint density at radius 1 is 0.929 bits per heavy atom. The molecule has 5 rings (SSSR count). The number of benzene rings is 2. The van der Waals surface area contributed by atoms with Gasteiger partial charge < -0.3 is 14.7 Å². The summed E-state index contributed by atoms with van der Waals surface area (Å²) in [7, 11) is -3.23. The van der Waals surface area contributed by atoms with E-state index in [1.54, 1.807) is 12.1 Å². The van der Waals surface area contributed by atoms with E-state index in [4.69, 9.17) is 0 Å². The summed E-state index contributed by atoms with van der Waals surface area (Å²) in [4.78, 5) is 33.8. The molecular weight excluding hydrogens is 570 g/mol. The highest BCUT2D eigenvalue weighted by molar-refractivity contribution is 7.90. The second kappa shape index (κ2) is 13.5. The molecule has 7 nitrogen and oxygen atoms in total. The second-order valence-corrected chi connectivity index (χ2v) is 14.5. The summed E-state index contributed by atoms with van der Waals surface area (Å²) in [5.41, 5.74) is 1.99. The Hall–Kier alpha value is -2.42. The fraction of sp³-hybridized carbons (Fsp3) is 0.576. The molecule has 2 amide bonds. The predicted molar refractivity (Wildman–Crippen MR) is 168 cm³/mol. The standard InChI is InChI=1S/C33H45N3O4S.ClH/c1-4-26(5-2)31(37)36-23-28(30(24-36)27-9-7-6-8-10-27)22-34-18-15-33(16-19-34)17-20-35(32(33)38)21-25-11-13-29(14-12-25)41(3,39)40;/h6-14,26,28,30H,4-5,15-24H2,1-3H3;1H. The Kier molecular flexibility index (Phi) is 10.4. The number of carbonyl (C=O) groups is 2. The summed E-state index contributed by atoms with van der Waals surface area (Å²) < 4.78 is 23.6. The minimum absolute atomic E-state index is 0. The van der Waals surface area contributed by atoms with Gasteiger partial charge in [-0.25, -0.2) is 8.42 Å². The van der Waals surface area contributed by atoms with Crippen LogP contribution in [0.1, 0.15) is 63.0 Å². The quantitative estimate of drug-likeness (QED) is 0.397.